The van der Waals surface area contributed by atoms with Crippen LogP contribution in [-0.2, 0) is 16.1 Å². The molecule has 4 amide bonds. The second kappa shape index (κ2) is 9.11. The number of amides is 4. The zero-order chi connectivity index (χ0) is 20.0. The Bertz CT molecular complexity index is 721. The van der Waals surface area contributed by atoms with Gasteiger partial charge in [-0.15, -0.1) is 0 Å². The average Bonchev–Trinajstić information content (AvgIpc) is 2.91. The predicted octanol–water partition coefficient (Wildman–Crippen LogP) is 1.00. The molecule has 148 valence electrons. The maximum Gasteiger partial charge on any atom is 0.326 e. The van der Waals surface area contributed by atoms with E-state index in [1.807, 2.05) is 0 Å². The molecule has 1 aliphatic rings. The van der Waals surface area contributed by atoms with Gasteiger partial charge < -0.3 is 24.4 Å². The van der Waals surface area contributed by atoms with Crippen LogP contribution in [0.4, 0.5) is 4.79 Å². The van der Waals surface area contributed by atoms with Crippen molar-refractivity contribution in [2.45, 2.75) is 19.4 Å². The summed E-state index contributed by atoms with van der Waals surface area (Å²) in [6.45, 7) is 0.575. The number of benzene rings is 1. The van der Waals surface area contributed by atoms with Crippen molar-refractivity contribution in [1.82, 2.24) is 15.1 Å². The van der Waals surface area contributed by atoms with Crippen molar-refractivity contribution in [3.05, 3.63) is 17.7 Å². The average molecular weight is 379 g/mol. The first-order valence-electron chi connectivity index (χ1n) is 8.52. The zero-order valence-corrected chi connectivity index (χ0v) is 16.0. The topological polar surface area (TPSA) is 97.4 Å². The number of hydrogen-bond donors (Lipinski definition) is 1. The van der Waals surface area contributed by atoms with E-state index in [-0.39, 0.29) is 43.9 Å². The van der Waals surface area contributed by atoms with Gasteiger partial charge in [-0.2, -0.15) is 0 Å². The van der Waals surface area contributed by atoms with Gasteiger partial charge in [0.1, 0.15) is 12.3 Å². The minimum atomic E-state index is -0.324. The first kappa shape index (κ1) is 20.3. The molecule has 1 aromatic rings. The number of carbonyl (C=O) groups is 3. The summed E-state index contributed by atoms with van der Waals surface area (Å²) in [5.74, 6) is 1.23. The van der Waals surface area contributed by atoms with Crippen molar-refractivity contribution in [1.29, 1.82) is 0 Å². The first-order chi connectivity index (χ1) is 12.9. The molecule has 1 aromatic carbocycles. The van der Waals surface area contributed by atoms with Crippen LogP contribution in [0.3, 0.4) is 0 Å². The van der Waals surface area contributed by atoms with Crippen molar-refractivity contribution in [3.8, 4) is 17.2 Å². The molecular formula is C18H25N3O6. The molecular weight excluding hydrogens is 354 g/mol. The molecule has 27 heavy (non-hydrogen) atoms. The maximum atomic E-state index is 12.1. The quantitative estimate of drug-likeness (QED) is 0.643. The standard InChI is InChI=1S/C18H25N3O6/c1-20-11-17(23)21(18(20)24)7-5-6-16(22)19-10-12-8-14(26-3)15(27-4)9-13(12)25-2/h8-9H,5-7,10-11H2,1-4H3,(H,19,22). The lowest BCUT2D eigenvalue weighted by Gasteiger charge is -2.15. The second-order valence-electron chi connectivity index (χ2n) is 6.08. The number of imide groups is 1. The third-order valence-corrected chi connectivity index (χ3v) is 4.28. The lowest BCUT2D eigenvalue weighted by Crippen LogP contribution is -2.33. The molecule has 9 heteroatoms. The van der Waals surface area contributed by atoms with Crippen LogP contribution >= 0.6 is 0 Å². The molecule has 1 aliphatic heterocycles. The van der Waals surface area contributed by atoms with Gasteiger partial charge in [-0.1, -0.05) is 0 Å². The summed E-state index contributed by atoms with van der Waals surface area (Å²) in [4.78, 5) is 38.1. The van der Waals surface area contributed by atoms with E-state index < -0.39 is 0 Å². The van der Waals surface area contributed by atoms with Crippen molar-refractivity contribution in [2.75, 3.05) is 41.5 Å². The third kappa shape index (κ3) is 4.81. The summed E-state index contributed by atoms with van der Waals surface area (Å²) < 4.78 is 15.8. The van der Waals surface area contributed by atoms with Gasteiger partial charge >= 0.3 is 6.03 Å². The number of methoxy groups -OCH3 is 3. The van der Waals surface area contributed by atoms with Gasteiger partial charge in [0.25, 0.3) is 0 Å². The van der Waals surface area contributed by atoms with E-state index in [1.54, 1.807) is 19.2 Å². The number of ether oxygens (including phenoxy) is 3. The van der Waals surface area contributed by atoms with Crippen molar-refractivity contribution >= 4 is 17.8 Å². The van der Waals surface area contributed by atoms with Gasteiger partial charge in [-0.05, 0) is 12.5 Å². The van der Waals surface area contributed by atoms with Crippen LogP contribution in [0.25, 0.3) is 0 Å². The second-order valence-corrected chi connectivity index (χ2v) is 6.08. The summed E-state index contributed by atoms with van der Waals surface area (Å²) in [6, 6.07) is 3.12. The highest BCUT2D eigenvalue weighted by atomic mass is 16.5. The Balaban J connectivity index is 1.86. The minimum absolute atomic E-state index is 0.0874. The Morgan fingerprint density at radius 3 is 2.26 bits per heavy atom. The molecule has 1 N–H and O–H groups in total. The number of likely N-dealkylation sites (N-methyl/N-ethyl adjacent to an activating group) is 1. The Morgan fingerprint density at radius 1 is 1.07 bits per heavy atom. The van der Waals surface area contributed by atoms with Crippen LogP contribution < -0.4 is 19.5 Å². The number of rotatable bonds is 9. The normalized spacial score (nSPS) is 13.8. The predicted molar refractivity (Wildman–Crippen MR) is 96.9 cm³/mol. The molecule has 0 spiro atoms. The van der Waals surface area contributed by atoms with Crippen LogP contribution in [0.2, 0.25) is 0 Å². The van der Waals surface area contributed by atoms with E-state index in [2.05, 4.69) is 5.32 Å². The lowest BCUT2D eigenvalue weighted by atomic mass is 10.1. The number of nitrogens with one attached hydrogen (secondary N) is 1. The van der Waals surface area contributed by atoms with Crippen molar-refractivity contribution in [3.63, 3.8) is 0 Å². The number of urea groups is 1. The van der Waals surface area contributed by atoms with Gasteiger partial charge in [0, 0.05) is 38.2 Å². The molecule has 0 saturated carbocycles. The van der Waals surface area contributed by atoms with Gasteiger partial charge in [0.15, 0.2) is 11.5 Å². The smallest absolute Gasteiger partial charge is 0.326 e. The SMILES string of the molecule is COc1cc(OC)c(OC)cc1CNC(=O)CCCN1C(=O)CN(C)C1=O. The molecule has 1 heterocycles. The van der Waals surface area contributed by atoms with Crippen LogP contribution in [0.1, 0.15) is 18.4 Å². The van der Waals surface area contributed by atoms with Gasteiger partial charge in [0.2, 0.25) is 11.8 Å². The maximum absolute atomic E-state index is 12.1. The summed E-state index contributed by atoms with van der Waals surface area (Å²) in [5, 5.41) is 2.80. The third-order valence-electron chi connectivity index (χ3n) is 4.28. The number of hydrogen-bond acceptors (Lipinski definition) is 6. The lowest BCUT2D eigenvalue weighted by molar-refractivity contribution is -0.126. The number of carbonyl (C=O) groups excluding carboxylic acids is 3. The van der Waals surface area contributed by atoms with Gasteiger partial charge in [0.05, 0.1) is 21.3 Å². The molecule has 0 aliphatic carbocycles. The Labute approximate surface area is 158 Å². The Kier molecular flexibility index (Phi) is 6.86. The Hall–Kier alpha value is -2.97. The molecule has 0 radical (unpaired) electrons. The fourth-order valence-electron chi connectivity index (χ4n) is 2.80. The molecule has 0 aromatic heterocycles. The van der Waals surface area contributed by atoms with Crippen LogP contribution in [-0.4, -0.2) is 69.1 Å². The molecule has 0 atom stereocenters. The largest absolute Gasteiger partial charge is 0.496 e. The summed E-state index contributed by atoms with van der Waals surface area (Å²) in [5.41, 5.74) is 0.745. The summed E-state index contributed by atoms with van der Waals surface area (Å²) >= 11 is 0. The Morgan fingerprint density at radius 2 is 1.70 bits per heavy atom. The van der Waals surface area contributed by atoms with Crippen molar-refractivity contribution < 1.29 is 28.6 Å². The number of nitrogens with zero attached hydrogens (tertiary/aromatic N) is 2. The van der Waals surface area contributed by atoms with E-state index in [1.165, 1.54) is 31.1 Å². The fraction of sp³-hybridized carbons (Fsp3) is 0.500. The minimum Gasteiger partial charge on any atom is -0.496 e. The molecule has 1 fully saturated rings. The van der Waals surface area contributed by atoms with Gasteiger partial charge in [-0.25, -0.2) is 4.79 Å². The van der Waals surface area contributed by atoms with E-state index in [0.717, 1.165) is 5.56 Å². The highest BCUT2D eigenvalue weighted by Gasteiger charge is 2.32. The van der Waals surface area contributed by atoms with E-state index in [0.29, 0.717) is 23.7 Å². The molecule has 1 saturated heterocycles. The molecule has 0 unspecified atom stereocenters. The molecule has 0 bridgehead atoms. The van der Waals surface area contributed by atoms with Crippen molar-refractivity contribution in [2.24, 2.45) is 0 Å². The zero-order valence-electron chi connectivity index (χ0n) is 16.0. The highest BCUT2D eigenvalue weighted by Crippen LogP contribution is 2.34. The molecule has 2 rings (SSSR count). The van der Waals surface area contributed by atoms with E-state index >= 15 is 0 Å². The monoisotopic (exact) mass is 379 g/mol. The van der Waals surface area contributed by atoms with E-state index in [4.69, 9.17) is 14.2 Å². The van der Waals surface area contributed by atoms with Crippen LogP contribution in [0.5, 0.6) is 17.2 Å². The van der Waals surface area contributed by atoms with E-state index in [9.17, 15) is 14.4 Å². The van der Waals surface area contributed by atoms with Crippen LogP contribution in [0.15, 0.2) is 12.1 Å². The summed E-state index contributed by atoms with van der Waals surface area (Å²) in [7, 11) is 6.18. The highest BCUT2D eigenvalue weighted by molar-refractivity contribution is 6.01. The summed E-state index contributed by atoms with van der Waals surface area (Å²) in [6.07, 6.45) is 0.608. The molecule has 9 nitrogen and oxygen atoms in total. The first-order valence-corrected chi connectivity index (χ1v) is 8.52. The fourth-order valence-corrected chi connectivity index (χ4v) is 2.80. The van der Waals surface area contributed by atoms with Crippen LogP contribution in [0, 0.1) is 0 Å². The van der Waals surface area contributed by atoms with Gasteiger partial charge in [-0.3, -0.25) is 14.5 Å².